The van der Waals surface area contributed by atoms with Crippen LogP contribution in [0.2, 0.25) is 0 Å². The number of fused-ring (bicyclic) bond motifs is 4. The molecule has 3 nitrogen and oxygen atoms in total. The summed E-state index contributed by atoms with van der Waals surface area (Å²) in [5.41, 5.74) is 1.67. The van der Waals surface area contributed by atoms with Crippen molar-refractivity contribution in [2.45, 2.75) is 37.3 Å². The molecule has 2 unspecified atom stereocenters. The molecule has 1 spiro atoms. The summed E-state index contributed by atoms with van der Waals surface area (Å²) < 4.78 is 5.63. The molecule has 1 aromatic rings. The Labute approximate surface area is 95.8 Å². The van der Waals surface area contributed by atoms with E-state index in [9.17, 15) is 0 Å². The van der Waals surface area contributed by atoms with Gasteiger partial charge in [0, 0.05) is 31.1 Å². The summed E-state index contributed by atoms with van der Waals surface area (Å²) >= 11 is 0. The van der Waals surface area contributed by atoms with Crippen molar-refractivity contribution in [1.82, 2.24) is 10.2 Å². The maximum absolute atomic E-state index is 5.63. The van der Waals surface area contributed by atoms with Crippen LogP contribution >= 0.6 is 0 Å². The van der Waals surface area contributed by atoms with Crippen molar-refractivity contribution in [3.8, 4) is 0 Å². The molecule has 86 valence electrons. The standard InChI is InChI=1S/C13H18N2O/c1-2-12-13(5-8-15(12)7-1)10-4-9-16-11(10)3-6-14-13/h4,9,12,14H,1-3,5-8H2. The molecule has 0 amide bonds. The minimum Gasteiger partial charge on any atom is -0.469 e. The first-order valence-corrected chi connectivity index (χ1v) is 6.46. The second-order valence-electron chi connectivity index (χ2n) is 5.35. The van der Waals surface area contributed by atoms with Gasteiger partial charge >= 0.3 is 0 Å². The molecule has 0 radical (unpaired) electrons. The zero-order valence-corrected chi connectivity index (χ0v) is 9.54. The van der Waals surface area contributed by atoms with Crippen LogP contribution < -0.4 is 5.32 Å². The number of hydrogen-bond acceptors (Lipinski definition) is 3. The lowest BCUT2D eigenvalue weighted by atomic mass is 9.79. The Morgan fingerprint density at radius 1 is 1.44 bits per heavy atom. The lowest BCUT2D eigenvalue weighted by Gasteiger charge is -2.39. The Hall–Kier alpha value is -0.800. The predicted molar refractivity (Wildman–Crippen MR) is 61.3 cm³/mol. The van der Waals surface area contributed by atoms with E-state index < -0.39 is 0 Å². The van der Waals surface area contributed by atoms with Crippen LogP contribution in [-0.2, 0) is 12.0 Å². The van der Waals surface area contributed by atoms with Crippen molar-refractivity contribution in [2.75, 3.05) is 19.6 Å². The van der Waals surface area contributed by atoms with Crippen LogP contribution in [0.1, 0.15) is 30.6 Å². The van der Waals surface area contributed by atoms with Crippen molar-refractivity contribution < 1.29 is 4.42 Å². The van der Waals surface area contributed by atoms with Crippen LogP contribution in [0.25, 0.3) is 0 Å². The molecule has 4 heterocycles. The highest BCUT2D eigenvalue weighted by molar-refractivity contribution is 5.34. The van der Waals surface area contributed by atoms with E-state index in [1.54, 1.807) is 0 Å². The molecule has 16 heavy (non-hydrogen) atoms. The molecule has 2 atom stereocenters. The Bertz CT molecular complexity index is 414. The van der Waals surface area contributed by atoms with Crippen molar-refractivity contribution in [1.29, 1.82) is 0 Å². The quantitative estimate of drug-likeness (QED) is 0.715. The summed E-state index contributed by atoms with van der Waals surface area (Å²) in [4.78, 5) is 2.66. The lowest BCUT2D eigenvalue weighted by Crippen LogP contribution is -2.53. The minimum atomic E-state index is 0.219. The molecule has 3 aliphatic rings. The van der Waals surface area contributed by atoms with E-state index in [-0.39, 0.29) is 5.54 Å². The third-order valence-electron chi connectivity index (χ3n) is 4.74. The van der Waals surface area contributed by atoms with Gasteiger partial charge in [0.2, 0.25) is 0 Å². The zero-order valence-electron chi connectivity index (χ0n) is 9.54. The molecular weight excluding hydrogens is 200 g/mol. The molecular formula is C13H18N2O. The molecule has 3 aliphatic heterocycles. The number of hydrogen-bond donors (Lipinski definition) is 1. The maximum Gasteiger partial charge on any atom is 0.110 e. The second-order valence-corrected chi connectivity index (χ2v) is 5.35. The van der Waals surface area contributed by atoms with Crippen molar-refractivity contribution in [2.24, 2.45) is 0 Å². The van der Waals surface area contributed by atoms with Crippen molar-refractivity contribution in [3.63, 3.8) is 0 Å². The number of nitrogens with zero attached hydrogens (tertiary/aromatic N) is 1. The van der Waals surface area contributed by atoms with Crippen molar-refractivity contribution >= 4 is 0 Å². The normalized spacial score (nSPS) is 37.9. The highest BCUT2D eigenvalue weighted by Gasteiger charge is 2.52. The average Bonchev–Trinajstić information content (AvgIpc) is 2.97. The number of nitrogens with one attached hydrogen (secondary N) is 1. The molecule has 3 heteroatoms. The molecule has 0 bridgehead atoms. The molecule has 0 aliphatic carbocycles. The Kier molecular flexibility index (Phi) is 1.80. The average molecular weight is 218 g/mol. The molecule has 2 fully saturated rings. The molecule has 4 rings (SSSR count). The molecule has 0 saturated carbocycles. The molecule has 1 N–H and O–H groups in total. The van der Waals surface area contributed by atoms with Gasteiger partial charge in [-0.05, 0) is 31.9 Å². The lowest BCUT2D eigenvalue weighted by molar-refractivity contribution is 0.211. The van der Waals surface area contributed by atoms with Gasteiger partial charge in [-0.25, -0.2) is 0 Å². The van der Waals surface area contributed by atoms with Crippen LogP contribution in [-0.4, -0.2) is 30.6 Å². The Balaban J connectivity index is 1.83. The fourth-order valence-electron chi connectivity index (χ4n) is 4.08. The predicted octanol–water partition coefficient (Wildman–Crippen LogP) is 1.49. The fraction of sp³-hybridized carbons (Fsp3) is 0.692. The van der Waals surface area contributed by atoms with E-state index in [2.05, 4.69) is 16.3 Å². The van der Waals surface area contributed by atoms with Gasteiger partial charge in [0.1, 0.15) is 5.76 Å². The summed E-state index contributed by atoms with van der Waals surface area (Å²) in [5, 5.41) is 3.81. The summed E-state index contributed by atoms with van der Waals surface area (Å²) in [5.74, 6) is 1.23. The fourth-order valence-corrected chi connectivity index (χ4v) is 4.08. The van der Waals surface area contributed by atoms with Gasteiger partial charge in [-0.1, -0.05) is 0 Å². The van der Waals surface area contributed by atoms with Crippen LogP contribution in [0, 0.1) is 0 Å². The van der Waals surface area contributed by atoms with Gasteiger partial charge in [-0.3, -0.25) is 4.90 Å². The van der Waals surface area contributed by atoms with Crippen LogP contribution in [0.4, 0.5) is 0 Å². The van der Waals surface area contributed by atoms with Gasteiger partial charge in [-0.15, -0.1) is 0 Å². The van der Waals surface area contributed by atoms with Crippen LogP contribution in [0.3, 0.4) is 0 Å². The SMILES string of the molecule is c1cc2c(o1)CCNC21CCN2CCCC21. The van der Waals surface area contributed by atoms with E-state index in [1.165, 1.54) is 43.7 Å². The number of rotatable bonds is 0. The molecule has 0 aromatic carbocycles. The van der Waals surface area contributed by atoms with Gasteiger partial charge in [0.05, 0.1) is 11.8 Å². The maximum atomic E-state index is 5.63. The summed E-state index contributed by atoms with van der Waals surface area (Å²) in [6.45, 7) is 3.62. The second kappa shape index (κ2) is 3.11. The Morgan fingerprint density at radius 3 is 3.44 bits per heavy atom. The van der Waals surface area contributed by atoms with Gasteiger partial charge in [0.25, 0.3) is 0 Å². The van der Waals surface area contributed by atoms with Gasteiger partial charge < -0.3 is 9.73 Å². The van der Waals surface area contributed by atoms with Crippen LogP contribution in [0.15, 0.2) is 16.7 Å². The van der Waals surface area contributed by atoms with E-state index in [1.807, 2.05) is 6.26 Å². The highest BCUT2D eigenvalue weighted by atomic mass is 16.3. The topological polar surface area (TPSA) is 28.4 Å². The summed E-state index contributed by atoms with van der Waals surface area (Å²) in [6.07, 6.45) is 6.89. The summed E-state index contributed by atoms with van der Waals surface area (Å²) in [7, 11) is 0. The third kappa shape index (κ3) is 1.01. The molecule has 1 aromatic heterocycles. The Morgan fingerprint density at radius 2 is 2.44 bits per heavy atom. The van der Waals surface area contributed by atoms with Crippen molar-refractivity contribution in [3.05, 3.63) is 23.7 Å². The molecule has 2 saturated heterocycles. The first-order valence-electron chi connectivity index (χ1n) is 6.46. The minimum absolute atomic E-state index is 0.219. The first-order chi connectivity index (χ1) is 7.90. The third-order valence-corrected chi connectivity index (χ3v) is 4.74. The largest absolute Gasteiger partial charge is 0.469 e. The summed E-state index contributed by atoms with van der Waals surface area (Å²) in [6, 6.07) is 2.91. The van der Waals surface area contributed by atoms with E-state index in [0.717, 1.165) is 13.0 Å². The van der Waals surface area contributed by atoms with Gasteiger partial charge in [-0.2, -0.15) is 0 Å². The smallest absolute Gasteiger partial charge is 0.110 e. The number of furan rings is 1. The monoisotopic (exact) mass is 218 g/mol. The zero-order chi connectivity index (χ0) is 10.6. The van der Waals surface area contributed by atoms with Crippen LogP contribution in [0.5, 0.6) is 0 Å². The van der Waals surface area contributed by atoms with E-state index in [0.29, 0.717) is 6.04 Å². The van der Waals surface area contributed by atoms with E-state index in [4.69, 9.17) is 4.42 Å². The van der Waals surface area contributed by atoms with Gasteiger partial charge in [0.15, 0.2) is 0 Å². The first kappa shape index (κ1) is 9.25. The highest BCUT2D eigenvalue weighted by Crippen LogP contribution is 2.45. The van der Waals surface area contributed by atoms with E-state index >= 15 is 0 Å².